The molecule has 0 atom stereocenters. The molecule has 0 saturated heterocycles. The van der Waals surface area contributed by atoms with E-state index in [0.29, 0.717) is 0 Å². The number of benzene rings is 4. The van der Waals surface area contributed by atoms with Crippen LogP contribution in [0.4, 0.5) is 0 Å². The lowest BCUT2D eigenvalue weighted by Gasteiger charge is -2.02. The number of rotatable bonds is 10. The lowest BCUT2D eigenvalue weighted by molar-refractivity contribution is 0.667. The number of hydrogen-bond acceptors (Lipinski definition) is 4. The Kier molecular flexibility index (Phi) is 7.23. The van der Waals surface area contributed by atoms with E-state index in [0.717, 1.165) is 0 Å². The third-order valence-electron chi connectivity index (χ3n) is 9.01. The van der Waals surface area contributed by atoms with Crippen molar-refractivity contribution in [2.45, 2.75) is 78.1 Å². The lowest BCUT2D eigenvalue weighted by Crippen LogP contribution is -1.85. The van der Waals surface area contributed by atoms with Crippen LogP contribution in [0.15, 0.2) is 60.7 Å². The Hall–Kier alpha value is -2.50. The lowest BCUT2D eigenvalue weighted by atomic mass is 10.0. The second-order valence-electron chi connectivity index (χ2n) is 12.1. The van der Waals surface area contributed by atoms with E-state index >= 15 is 0 Å². The summed E-state index contributed by atoms with van der Waals surface area (Å²) in [5, 5.41) is 8.49. The van der Waals surface area contributed by atoms with Crippen LogP contribution in [0.25, 0.3) is 69.9 Å². The van der Waals surface area contributed by atoms with Gasteiger partial charge in [-0.15, -0.1) is 45.3 Å². The Morgan fingerprint density at radius 2 is 0.810 bits per heavy atom. The quantitative estimate of drug-likeness (QED) is 0.133. The summed E-state index contributed by atoms with van der Waals surface area (Å²) in [7, 11) is 0. The van der Waals surface area contributed by atoms with Crippen LogP contribution in [-0.4, -0.2) is 0 Å². The first kappa shape index (κ1) is 27.1. The highest BCUT2D eigenvalue weighted by atomic mass is 32.1. The van der Waals surface area contributed by atoms with E-state index in [1.54, 1.807) is 0 Å². The molecule has 4 aromatic carbocycles. The summed E-state index contributed by atoms with van der Waals surface area (Å²) < 4.78 is 11.6. The van der Waals surface area contributed by atoms with E-state index in [9.17, 15) is 0 Å². The predicted octanol–water partition coefficient (Wildman–Crippen LogP) is 14.3. The van der Waals surface area contributed by atoms with Gasteiger partial charge in [-0.1, -0.05) is 76.6 Å². The molecule has 0 aliphatic carbocycles. The minimum atomic E-state index is 1.20. The largest absolute Gasteiger partial charge is 0.134 e. The summed E-state index contributed by atoms with van der Waals surface area (Å²) in [5.41, 5.74) is 3.00. The maximum absolute atomic E-state index is 2.47. The number of fused-ring (bicyclic) bond motifs is 11. The summed E-state index contributed by atoms with van der Waals surface area (Å²) >= 11 is 7.96. The van der Waals surface area contributed by atoms with E-state index in [1.807, 2.05) is 45.3 Å². The third kappa shape index (κ3) is 4.66. The molecular weight excluding hydrogens is 585 g/mol. The van der Waals surface area contributed by atoms with E-state index in [1.165, 1.54) is 145 Å². The van der Waals surface area contributed by atoms with Crippen molar-refractivity contribution in [1.29, 1.82) is 0 Å². The number of aryl methyl sites for hydroxylation is 2. The molecule has 0 unspecified atom stereocenters. The van der Waals surface area contributed by atoms with Gasteiger partial charge in [0.25, 0.3) is 0 Å². The van der Waals surface area contributed by atoms with Crippen LogP contribution in [0, 0.1) is 0 Å². The average molecular weight is 621 g/mol. The van der Waals surface area contributed by atoms with E-state index < -0.39 is 0 Å². The molecule has 0 spiro atoms. The second kappa shape index (κ2) is 11.2. The van der Waals surface area contributed by atoms with Gasteiger partial charge < -0.3 is 0 Å². The molecule has 0 radical (unpaired) electrons. The summed E-state index contributed by atoms with van der Waals surface area (Å²) in [5.74, 6) is 0. The Balaban J connectivity index is 1.17. The fourth-order valence-corrected chi connectivity index (χ4v) is 12.1. The highest BCUT2D eigenvalue weighted by Gasteiger charge is 2.16. The highest BCUT2D eigenvalue weighted by Crippen LogP contribution is 2.48. The van der Waals surface area contributed by atoms with Crippen molar-refractivity contribution < 1.29 is 0 Å². The first-order valence-electron chi connectivity index (χ1n) is 15.8. The molecule has 4 aromatic heterocycles. The van der Waals surface area contributed by atoms with Gasteiger partial charge >= 0.3 is 0 Å². The molecule has 0 bridgehead atoms. The second-order valence-corrected chi connectivity index (χ2v) is 16.3. The molecule has 0 nitrogen and oxygen atoms in total. The van der Waals surface area contributed by atoms with Gasteiger partial charge in [0.15, 0.2) is 0 Å². The normalized spacial score (nSPS) is 12.5. The maximum atomic E-state index is 2.47. The Labute approximate surface area is 263 Å². The standard InChI is InChI=1S/C38H36S4/c1-3-5-7-9-11-23-13-15-27-31(17-23)39-37-29-19-25-22-34-30(20-26(25)21-33(29)41-35(27)37)38-36(42-34)28-16-14-24(18-32(28)40-38)12-10-8-6-4-2/h13-22H,3-12H2,1-2H3. The van der Waals surface area contributed by atoms with Gasteiger partial charge in [-0.3, -0.25) is 0 Å². The summed E-state index contributed by atoms with van der Waals surface area (Å²) in [6, 6.07) is 24.3. The Morgan fingerprint density at radius 1 is 0.405 bits per heavy atom. The maximum Gasteiger partial charge on any atom is 0.0542 e. The van der Waals surface area contributed by atoms with Crippen LogP contribution in [-0.2, 0) is 12.8 Å². The minimum absolute atomic E-state index is 1.20. The van der Waals surface area contributed by atoms with E-state index in [4.69, 9.17) is 0 Å². The van der Waals surface area contributed by atoms with E-state index in [2.05, 4.69) is 74.5 Å². The summed E-state index contributed by atoms with van der Waals surface area (Å²) in [6.45, 7) is 4.58. The molecule has 0 fully saturated rings. The van der Waals surface area contributed by atoms with Gasteiger partial charge in [0.2, 0.25) is 0 Å². The topological polar surface area (TPSA) is 0 Å². The van der Waals surface area contributed by atoms with Gasteiger partial charge in [0.1, 0.15) is 0 Å². The average Bonchev–Trinajstić information content (AvgIpc) is 3.73. The van der Waals surface area contributed by atoms with Crippen molar-refractivity contribution in [2.75, 3.05) is 0 Å². The highest BCUT2D eigenvalue weighted by molar-refractivity contribution is 7.37. The minimum Gasteiger partial charge on any atom is -0.134 e. The van der Waals surface area contributed by atoms with Crippen LogP contribution < -0.4 is 0 Å². The van der Waals surface area contributed by atoms with Crippen LogP contribution in [0.2, 0.25) is 0 Å². The number of hydrogen-bond donors (Lipinski definition) is 0. The smallest absolute Gasteiger partial charge is 0.0542 e. The van der Waals surface area contributed by atoms with Gasteiger partial charge in [-0.05, 0) is 84.0 Å². The Bertz CT molecular complexity index is 2070. The van der Waals surface area contributed by atoms with Gasteiger partial charge in [0.05, 0.1) is 18.8 Å². The summed E-state index contributed by atoms with van der Waals surface area (Å²) in [6.07, 6.45) is 13.0. The molecule has 0 aliphatic rings. The van der Waals surface area contributed by atoms with Gasteiger partial charge in [-0.2, -0.15) is 0 Å². The van der Waals surface area contributed by atoms with Crippen molar-refractivity contribution in [1.82, 2.24) is 0 Å². The van der Waals surface area contributed by atoms with Crippen molar-refractivity contribution >= 4 is 115 Å². The zero-order chi connectivity index (χ0) is 28.2. The van der Waals surface area contributed by atoms with Crippen molar-refractivity contribution in [3.63, 3.8) is 0 Å². The molecule has 0 saturated carbocycles. The van der Waals surface area contributed by atoms with Crippen LogP contribution in [0.5, 0.6) is 0 Å². The molecule has 0 N–H and O–H groups in total. The zero-order valence-electron chi connectivity index (χ0n) is 24.5. The monoisotopic (exact) mass is 620 g/mol. The molecule has 8 aromatic rings. The predicted molar refractivity (Wildman–Crippen MR) is 196 cm³/mol. The molecule has 212 valence electrons. The van der Waals surface area contributed by atoms with Crippen LogP contribution >= 0.6 is 45.3 Å². The molecular formula is C38H36S4. The SMILES string of the molecule is CCCCCCc1ccc2c(c1)sc1c3cc4cc5sc6c7ccc(CCCCCC)cc7sc6c5cc4cc3sc21. The number of thiophene rings is 4. The third-order valence-corrected chi connectivity index (χ3v) is 14.0. The van der Waals surface area contributed by atoms with Crippen molar-refractivity contribution in [2.24, 2.45) is 0 Å². The fraction of sp³-hybridized carbons (Fsp3) is 0.316. The molecule has 8 rings (SSSR count). The summed E-state index contributed by atoms with van der Waals surface area (Å²) in [4.78, 5) is 0. The molecule has 0 aliphatic heterocycles. The van der Waals surface area contributed by atoms with Crippen molar-refractivity contribution in [3.05, 3.63) is 71.8 Å². The first-order valence-corrected chi connectivity index (χ1v) is 19.1. The van der Waals surface area contributed by atoms with Gasteiger partial charge in [0, 0.05) is 40.3 Å². The molecule has 42 heavy (non-hydrogen) atoms. The fourth-order valence-electron chi connectivity index (χ4n) is 6.67. The number of unbranched alkanes of at least 4 members (excludes halogenated alkanes) is 6. The Morgan fingerprint density at radius 3 is 1.24 bits per heavy atom. The molecule has 4 heteroatoms. The molecule has 4 heterocycles. The van der Waals surface area contributed by atoms with Crippen LogP contribution in [0.3, 0.4) is 0 Å². The van der Waals surface area contributed by atoms with Crippen LogP contribution in [0.1, 0.15) is 76.3 Å². The first-order chi connectivity index (χ1) is 20.7. The zero-order valence-corrected chi connectivity index (χ0v) is 27.7. The molecule has 0 amide bonds. The van der Waals surface area contributed by atoms with E-state index in [-0.39, 0.29) is 0 Å². The van der Waals surface area contributed by atoms with Crippen molar-refractivity contribution in [3.8, 4) is 0 Å². The van der Waals surface area contributed by atoms with Gasteiger partial charge in [-0.25, -0.2) is 0 Å².